The minimum Gasteiger partial charge on any atom is -0.507 e. The smallest absolute Gasteiger partial charge is 0.186 e. The average Bonchev–Trinajstić information content (AvgIpc) is 2.02. The zero-order valence-corrected chi connectivity index (χ0v) is 9.30. The second-order valence-corrected chi connectivity index (χ2v) is 6.75. The molecule has 0 saturated heterocycles. The maximum absolute atomic E-state index is 11.9. The lowest BCUT2D eigenvalue weighted by molar-refractivity contribution is 0.456. The summed E-state index contributed by atoms with van der Waals surface area (Å²) in [7, 11) is -3.46. The average molecular weight is 214 g/mol. The van der Waals surface area contributed by atoms with Crippen molar-refractivity contribution in [3.8, 4) is 5.75 Å². The number of aromatic hydroxyl groups is 1. The fraction of sp³-hybridized carbons (Fsp3) is 0.400. The molecule has 1 rings (SSSR count). The predicted molar refractivity (Wildman–Crippen MR) is 55.0 cm³/mol. The van der Waals surface area contributed by atoms with Crippen LogP contribution in [0, 0.1) is 0 Å². The number of sulfone groups is 1. The Morgan fingerprint density at radius 3 is 2.07 bits per heavy atom. The first kappa shape index (κ1) is 11.0. The maximum Gasteiger partial charge on any atom is 0.186 e. The van der Waals surface area contributed by atoms with E-state index in [2.05, 4.69) is 0 Å². The minimum atomic E-state index is -3.46. The van der Waals surface area contributed by atoms with E-state index in [1.54, 1.807) is 32.9 Å². The van der Waals surface area contributed by atoms with Gasteiger partial charge in [-0.25, -0.2) is 8.42 Å². The van der Waals surface area contributed by atoms with Gasteiger partial charge in [0.15, 0.2) is 9.84 Å². The van der Waals surface area contributed by atoms with Gasteiger partial charge in [-0.2, -0.15) is 0 Å². The molecule has 0 bridgehead atoms. The fourth-order valence-corrected chi connectivity index (χ4v) is 2.28. The number of rotatable bonds is 1. The van der Waals surface area contributed by atoms with Crippen LogP contribution < -0.4 is 0 Å². The van der Waals surface area contributed by atoms with Crippen molar-refractivity contribution >= 4 is 9.84 Å². The van der Waals surface area contributed by atoms with Crippen molar-refractivity contribution in [3.63, 3.8) is 0 Å². The van der Waals surface area contributed by atoms with Gasteiger partial charge in [0.2, 0.25) is 0 Å². The highest BCUT2D eigenvalue weighted by Crippen LogP contribution is 2.30. The molecular weight excluding hydrogens is 200 g/mol. The van der Waals surface area contributed by atoms with Crippen LogP contribution in [0.15, 0.2) is 29.2 Å². The van der Waals surface area contributed by atoms with Gasteiger partial charge in [0.25, 0.3) is 0 Å². The second-order valence-electron chi connectivity index (χ2n) is 4.08. The molecule has 0 unspecified atom stereocenters. The lowest BCUT2D eigenvalue weighted by Gasteiger charge is -2.19. The molecule has 0 aliphatic rings. The first-order valence-corrected chi connectivity index (χ1v) is 5.78. The van der Waals surface area contributed by atoms with Gasteiger partial charge in [0, 0.05) is 0 Å². The van der Waals surface area contributed by atoms with Crippen molar-refractivity contribution in [2.45, 2.75) is 30.4 Å². The lowest BCUT2D eigenvalue weighted by atomic mass is 10.3. The van der Waals surface area contributed by atoms with Gasteiger partial charge >= 0.3 is 0 Å². The summed E-state index contributed by atoms with van der Waals surface area (Å²) in [5, 5.41) is 9.43. The third-order valence-corrected chi connectivity index (χ3v) is 4.50. The van der Waals surface area contributed by atoms with E-state index in [-0.39, 0.29) is 10.6 Å². The number of phenols is 1. The molecule has 0 heterocycles. The van der Waals surface area contributed by atoms with Crippen molar-refractivity contribution in [2.24, 2.45) is 0 Å². The third kappa shape index (κ3) is 1.75. The summed E-state index contributed by atoms with van der Waals surface area (Å²) in [5.41, 5.74) is 0. The molecule has 78 valence electrons. The minimum absolute atomic E-state index is 0.00694. The van der Waals surface area contributed by atoms with Crippen molar-refractivity contribution in [3.05, 3.63) is 24.3 Å². The first-order chi connectivity index (χ1) is 6.27. The molecule has 4 heteroatoms. The zero-order valence-electron chi connectivity index (χ0n) is 8.48. The van der Waals surface area contributed by atoms with E-state index in [0.717, 1.165) is 0 Å². The van der Waals surface area contributed by atoms with E-state index in [0.29, 0.717) is 0 Å². The van der Waals surface area contributed by atoms with E-state index in [4.69, 9.17) is 0 Å². The topological polar surface area (TPSA) is 54.4 Å². The van der Waals surface area contributed by atoms with Gasteiger partial charge in [0.05, 0.1) is 4.75 Å². The Morgan fingerprint density at radius 2 is 1.64 bits per heavy atom. The fourth-order valence-electron chi connectivity index (χ4n) is 1.01. The van der Waals surface area contributed by atoms with Crippen LogP contribution in [0.25, 0.3) is 0 Å². The SMILES string of the molecule is CC(C)(C)S(=O)(=O)c1ccccc1O. The molecule has 1 aromatic rings. The Balaban J connectivity index is 3.40. The van der Waals surface area contributed by atoms with Crippen LogP contribution in [0.2, 0.25) is 0 Å². The summed E-state index contributed by atoms with van der Waals surface area (Å²) in [5.74, 6) is -0.192. The first-order valence-electron chi connectivity index (χ1n) is 4.29. The van der Waals surface area contributed by atoms with E-state index in [1.807, 2.05) is 0 Å². The highest BCUT2D eigenvalue weighted by Gasteiger charge is 2.32. The van der Waals surface area contributed by atoms with Crippen LogP contribution in [0.4, 0.5) is 0 Å². The predicted octanol–water partition coefficient (Wildman–Crippen LogP) is 1.96. The number of hydrogen-bond donors (Lipinski definition) is 1. The largest absolute Gasteiger partial charge is 0.507 e. The van der Waals surface area contributed by atoms with Gasteiger partial charge < -0.3 is 5.11 Å². The molecular formula is C10H14O3S. The summed E-state index contributed by atoms with van der Waals surface area (Å²) in [6, 6.07) is 5.98. The molecule has 0 amide bonds. The number of hydrogen-bond acceptors (Lipinski definition) is 3. The second kappa shape index (κ2) is 3.28. The third-order valence-electron chi connectivity index (χ3n) is 1.96. The van der Waals surface area contributed by atoms with Crippen LogP contribution in [-0.2, 0) is 9.84 Å². The molecule has 14 heavy (non-hydrogen) atoms. The van der Waals surface area contributed by atoms with Gasteiger partial charge in [0.1, 0.15) is 10.6 Å². The van der Waals surface area contributed by atoms with Crippen LogP contribution in [-0.4, -0.2) is 18.3 Å². The highest BCUT2D eigenvalue weighted by molar-refractivity contribution is 7.92. The molecule has 0 aromatic heterocycles. The Hall–Kier alpha value is -1.03. The van der Waals surface area contributed by atoms with Gasteiger partial charge in [-0.3, -0.25) is 0 Å². The summed E-state index contributed by atoms with van der Waals surface area (Å²) in [4.78, 5) is -0.00694. The molecule has 0 saturated carbocycles. The van der Waals surface area contributed by atoms with E-state index >= 15 is 0 Å². The molecule has 0 atom stereocenters. The van der Waals surface area contributed by atoms with Crippen LogP contribution in [0.1, 0.15) is 20.8 Å². The summed E-state index contributed by atoms with van der Waals surface area (Å²) in [6.45, 7) is 4.82. The van der Waals surface area contributed by atoms with Crippen molar-refractivity contribution in [1.29, 1.82) is 0 Å². The summed E-state index contributed by atoms with van der Waals surface area (Å²) < 4.78 is 22.9. The highest BCUT2D eigenvalue weighted by atomic mass is 32.2. The van der Waals surface area contributed by atoms with Crippen molar-refractivity contribution < 1.29 is 13.5 Å². The molecule has 0 radical (unpaired) electrons. The molecule has 0 spiro atoms. The van der Waals surface area contributed by atoms with Gasteiger partial charge in [-0.15, -0.1) is 0 Å². The summed E-state index contributed by atoms with van der Waals surface area (Å²) >= 11 is 0. The molecule has 1 N–H and O–H groups in total. The summed E-state index contributed by atoms with van der Waals surface area (Å²) in [6.07, 6.45) is 0. The van der Waals surface area contributed by atoms with Crippen LogP contribution >= 0.6 is 0 Å². The normalized spacial score (nSPS) is 12.8. The maximum atomic E-state index is 11.9. The van der Waals surface area contributed by atoms with Gasteiger partial charge in [-0.05, 0) is 32.9 Å². The molecule has 3 nitrogen and oxygen atoms in total. The van der Waals surface area contributed by atoms with Gasteiger partial charge in [-0.1, -0.05) is 12.1 Å². The standard InChI is InChI=1S/C10H14O3S/c1-10(2,3)14(12,13)9-7-5-4-6-8(9)11/h4-7,11H,1-3H3. The number of phenolic OH excluding ortho intramolecular Hbond substituents is 1. The van der Waals surface area contributed by atoms with E-state index in [9.17, 15) is 13.5 Å². The monoisotopic (exact) mass is 214 g/mol. The molecule has 0 aliphatic carbocycles. The Morgan fingerprint density at radius 1 is 1.14 bits per heavy atom. The Labute approximate surface area is 84.3 Å². The molecule has 1 aromatic carbocycles. The quantitative estimate of drug-likeness (QED) is 0.777. The van der Waals surface area contributed by atoms with E-state index in [1.165, 1.54) is 12.1 Å². The van der Waals surface area contributed by atoms with Crippen molar-refractivity contribution in [2.75, 3.05) is 0 Å². The zero-order chi connectivity index (χ0) is 11.0. The molecule has 0 fully saturated rings. The van der Waals surface area contributed by atoms with Crippen molar-refractivity contribution in [1.82, 2.24) is 0 Å². The van der Waals surface area contributed by atoms with Crippen LogP contribution in [0.5, 0.6) is 5.75 Å². The van der Waals surface area contributed by atoms with Crippen LogP contribution in [0.3, 0.4) is 0 Å². The lowest BCUT2D eigenvalue weighted by Crippen LogP contribution is -2.27. The van der Waals surface area contributed by atoms with E-state index < -0.39 is 14.6 Å². The number of benzene rings is 1. The Kier molecular flexibility index (Phi) is 2.58. The Bertz CT molecular complexity index is 427. The number of para-hydroxylation sites is 1. The molecule has 0 aliphatic heterocycles.